The largest absolute Gasteiger partial charge is 0.508 e. The lowest BCUT2D eigenvalue weighted by Crippen LogP contribution is -2.43. The van der Waals surface area contributed by atoms with Crippen molar-refractivity contribution >= 4 is 0 Å². The SMILES string of the molecule is Oc1cccc2c1[C@@]13CC=CC=C1C1(C2)CC1CC3. The maximum Gasteiger partial charge on any atom is 0.119 e. The lowest BCUT2D eigenvalue weighted by Gasteiger charge is -2.50. The number of phenols is 1. The van der Waals surface area contributed by atoms with Crippen molar-refractivity contribution in [1.29, 1.82) is 0 Å². The van der Waals surface area contributed by atoms with Gasteiger partial charge in [-0.15, -0.1) is 0 Å². The average molecular weight is 250 g/mol. The maximum absolute atomic E-state index is 10.4. The smallest absolute Gasteiger partial charge is 0.119 e. The zero-order valence-corrected chi connectivity index (χ0v) is 11.0. The van der Waals surface area contributed by atoms with E-state index in [1.54, 1.807) is 5.57 Å². The Balaban J connectivity index is 1.87. The highest BCUT2D eigenvalue weighted by Crippen LogP contribution is 2.74. The number of fused-ring (bicyclic) bond motifs is 1. The first kappa shape index (κ1) is 10.3. The number of aromatic hydroxyl groups is 1. The third-order valence-electron chi connectivity index (χ3n) is 6.18. The minimum absolute atomic E-state index is 0.126. The zero-order valence-electron chi connectivity index (χ0n) is 11.0. The monoisotopic (exact) mass is 250 g/mol. The van der Waals surface area contributed by atoms with E-state index >= 15 is 0 Å². The molecule has 1 aromatic carbocycles. The Hall–Kier alpha value is -1.50. The van der Waals surface area contributed by atoms with Crippen LogP contribution in [0.3, 0.4) is 0 Å². The first-order chi connectivity index (χ1) is 9.26. The summed E-state index contributed by atoms with van der Waals surface area (Å²) in [4.78, 5) is 0. The summed E-state index contributed by atoms with van der Waals surface area (Å²) in [5.74, 6) is 1.43. The van der Waals surface area contributed by atoms with Crippen LogP contribution >= 0.6 is 0 Å². The Labute approximate surface area is 113 Å². The van der Waals surface area contributed by atoms with Gasteiger partial charge < -0.3 is 5.11 Å². The van der Waals surface area contributed by atoms with Crippen LogP contribution < -0.4 is 0 Å². The van der Waals surface area contributed by atoms with E-state index < -0.39 is 0 Å². The zero-order chi connectivity index (χ0) is 12.7. The number of phenolic OH excluding ortho intramolecular Hbond substituents is 1. The minimum Gasteiger partial charge on any atom is -0.508 e. The van der Waals surface area contributed by atoms with Gasteiger partial charge in [0.05, 0.1) is 0 Å². The summed E-state index contributed by atoms with van der Waals surface area (Å²) < 4.78 is 0. The van der Waals surface area contributed by atoms with E-state index in [1.165, 1.54) is 30.4 Å². The molecular weight excluding hydrogens is 232 g/mol. The van der Waals surface area contributed by atoms with Crippen LogP contribution in [-0.2, 0) is 11.8 Å². The molecule has 1 heteroatoms. The number of rotatable bonds is 0. The summed E-state index contributed by atoms with van der Waals surface area (Å²) in [6.45, 7) is 0. The summed E-state index contributed by atoms with van der Waals surface area (Å²) in [6, 6.07) is 6.14. The fourth-order valence-electron chi connectivity index (χ4n) is 5.39. The van der Waals surface area contributed by atoms with E-state index in [4.69, 9.17) is 0 Å². The van der Waals surface area contributed by atoms with Crippen LogP contribution in [0, 0.1) is 11.3 Å². The number of hydrogen-bond donors (Lipinski definition) is 1. The van der Waals surface area contributed by atoms with Crippen LogP contribution in [0.25, 0.3) is 0 Å². The molecule has 1 spiro atoms. The topological polar surface area (TPSA) is 20.2 Å². The van der Waals surface area contributed by atoms with Crippen molar-refractivity contribution in [3.63, 3.8) is 0 Å². The summed E-state index contributed by atoms with van der Waals surface area (Å²) in [7, 11) is 0. The Kier molecular flexibility index (Phi) is 1.61. The second-order valence-electron chi connectivity index (χ2n) is 6.88. The standard InChI is InChI=1S/C18H18O/c19-14-5-3-4-12-10-18-11-13(18)7-9-17(16(12)14)8-2-1-6-15(17)18/h1-6,13,19H,7-11H2/t13?,17-,18?/m1/s1. The molecule has 5 rings (SSSR count). The van der Waals surface area contributed by atoms with Gasteiger partial charge in [0.25, 0.3) is 0 Å². The van der Waals surface area contributed by atoms with Crippen molar-refractivity contribution < 1.29 is 5.11 Å². The molecule has 2 fully saturated rings. The van der Waals surface area contributed by atoms with Crippen LogP contribution in [0.5, 0.6) is 5.75 Å². The van der Waals surface area contributed by atoms with Crippen molar-refractivity contribution in [2.24, 2.45) is 11.3 Å². The third-order valence-corrected chi connectivity index (χ3v) is 6.18. The molecule has 96 valence electrons. The molecule has 4 aliphatic rings. The van der Waals surface area contributed by atoms with E-state index in [-0.39, 0.29) is 5.41 Å². The number of benzene rings is 1. The Bertz CT molecular complexity index is 654. The molecule has 1 aromatic rings. The molecule has 0 aromatic heterocycles. The molecule has 2 unspecified atom stereocenters. The van der Waals surface area contributed by atoms with Gasteiger partial charge in [0.1, 0.15) is 5.75 Å². The normalized spacial score (nSPS) is 40.8. The van der Waals surface area contributed by atoms with Gasteiger partial charge in [0.15, 0.2) is 0 Å². The highest BCUT2D eigenvalue weighted by atomic mass is 16.3. The molecule has 0 amide bonds. The second-order valence-corrected chi connectivity index (χ2v) is 6.88. The molecule has 0 aliphatic heterocycles. The molecule has 0 saturated heterocycles. The highest BCUT2D eigenvalue weighted by molar-refractivity contribution is 5.60. The summed E-state index contributed by atoms with van der Waals surface area (Å²) in [5.41, 5.74) is 4.90. The quantitative estimate of drug-likeness (QED) is 0.741. The fraction of sp³-hybridized carbons (Fsp3) is 0.444. The molecule has 1 N–H and O–H groups in total. The van der Waals surface area contributed by atoms with Crippen molar-refractivity contribution in [2.75, 3.05) is 0 Å². The fourth-order valence-corrected chi connectivity index (χ4v) is 5.39. The van der Waals surface area contributed by atoms with E-state index in [2.05, 4.69) is 24.3 Å². The van der Waals surface area contributed by atoms with Gasteiger partial charge in [-0.3, -0.25) is 0 Å². The van der Waals surface area contributed by atoms with Gasteiger partial charge in [-0.1, -0.05) is 35.9 Å². The van der Waals surface area contributed by atoms with Crippen molar-refractivity contribution in [3.8, 4) is 5.75 Å². The molecule has 2 bridgehead atoms. The van der Waals surface area contributed by atoms with Gasteiger partial charge in [0, 0.05) is 11.0 Å². The Morgan fingerprint density at radius 1 is 1.26 bits per heavy atom. The molecule has 19 heavy (non-hydrogen) atoms. The van der Waals surface area contributed by atoms with E-state index in [9.17, 15) is 5.11 Å². The summed E-state index contributed by atoms with van der Waals surface area (Å²) in [5, 5.41) is 10.4. The maximum atomic E-state index is 10.4. The van der Waals surface area contributed by atoms with Gasteiger partial charge in [-0.2, -0.15) is 0 Å². The van der Waals surface area contributed by atoms with Crippen LogP contribution in [0.15, 0.2) is 42.0 Å². The van der Waals surface area contributed by atoms with Crippen LogP contribution in [0.4, 0.5) is 0 Å². The van der Waals surface area contributed by atoms with Gasteiger partial charge in [-0.25, -0.2) is 0 Å². The first-order valence-corrected chi connectivity index (χ1v) is 7.45. The van der Waals surface area contributed by atoms with Gasteiger partial charge in [0.2, 0.25) is 0 Å². The molecule has 2 saturated carbocycles. The molecule has 4 aliphatic carbocycles. The van der Waals surface area contributed by atoms with Crippen LogP contribution in [0.2, 0.25) is 0 Å². The minimum atomic E-state index is 0.126. The predicted molar refractivity (Wildman–Crippen MR) is 75.1 cm³/mol. The predicted octanol–water partition coefficient (Wildman–Crippen LogP) is 3.87. The van der Waals surface area contributed by atoms with Crippen molar-refractivity contribution in [2.45, 2.75) is 37.5 Å². The molecule has 1 nitrogen and oxygen atoms in total. The summed E-state index contributed by atoms with van der Waals surface area (Å²) >= 11 is 0. The first-order valence-electron chi connectivity index (χ1n) is 7.45. The highest BCUT2D eigenvalue weighted by Gasteiger charge is 2.66. The molecular formula is C18H18O. The lowest BCUT2D eigenvalue weighted by molar-refractivity contribution is 0.273. The lowest BCUT2D eigenvalue weighted by atomic mass is 9.53. The van der Waals surface area contributed by atoms with Crippen molar-refractivity contribution in [1.82, 2.24) is 0 Å². The Morgan fingerprint density at radius 2 is 2.21 bits per heavy atom. The van der Waals surface area contributed by atoms with Crippen molar-refractivity contribution in [3.05, 3.63) is 53.1 Å². The molecule has 3 atom stereocenters. The second kappa shape index (κ2) is 2.98. The molecule has 0 heterocycles. The van der Waals surface area contributed by atoms with E-state index in [1.807, 2.05) is 12.1 Å². The third kappa shape index (κ3) is 1.01. The van der Waals surface area contributed by atoms with E-state index in [0.29, 0.717) is 11.2 Å². The van der Waals surface area contributed by atoms with Crippen LogP contribution in [-0.4, -0.2) is 5.11 Å². The number of hydrogen-bond acceptors (Lipinski definition) is 1. The van der Waals surface area contributed by atoms with Gasteiger partial charge in [-0.05, 0) is 55.1 Å². The summed E-state index contributed by atoms with van der Waals surface area (Å²) in [6.07, 6.45) is 13.1. The van der Waals surface area contributed by atoms with Crippen LogP contribution in [0.1, 0.15) is 36.8 Å². The number of allylic oxidation sites excluding steroid dienone is 4. The van der Waals surface area contributed by atoms with Gasteiger partial charge >= 0.3 is 0 Å². The average Bonchev–Trinajstić information content (AvgIpc) is 3.11. The Morgan fingerprint density at radius 3 is 3.16 bits per heavy atom. The van der Waals surface area contributed by atoms with E-state index in [0.717, 1.165) is 18.8 Å². The molecule has 0 radical (unpaired) electrons.